The molecule has 0 bridgehead atoms. The van der Waals surface area contributed by atoms with Crippen molar-refractivity contribution < 1.29 is 19.5 Å². The molecule has 7 rings (SSSR count). The summed E-state index contributed by atoms with van der Waals surface area (Å²) in [5.74, 6) is 1.16. The molecular formula is C36H41N9O4. The molecule has 0 radical (unpaired) electrons. The van der Waals surface area contributed by atoms with Gasteiger partial charge in [-0.05, 0) is 62.3 Å². The molecule has 254 valence electrons. The molecule has 3 amide bonds. The first-order valence-corrected chi connectivity index (χ1v) is 17.0. The lowest BCUT2D eigenvalue weighted by molar-refractivity contribution is 0.0925. The van der Waals surface area contributed by atoms with Crippen molar-refractivity contribution in [1.29, 1.82) is 0 Å². The van der Waals surface area contributed by atoms with E-state index in [0.29, 0.717) is 68.6 Å². The Bertz CT molecular complexity index is 1950. The Kier molecular flexibility index (Phi) is 9.53. The van der Waals surface area contributed by atoms with E-state index in [0.717, 1.165) is 52.8 Å². The highest BCUT2D eigenvalue weighted by atomic mass is 16.4. The predicted molar refractivity (Wildman–Crippen MR) is 188 cm³/mol. The van der Waals surface area contributed by atoms with Crippen molar-refractivity contribution in [3.05, 3.63) is 71.8 Å². The number of amides is 3. The number of likely N-dealkylation sites (tertiary alicyclic amines) is 1. The van der Waals surface area contributed by atoms with Gasteiger partial charge in [-0.25, -0.2) is 14.8 Å². The van der Waals surface area contributed by atoms with E-state index in [1.807, 2.05) is 48.5 Å². The molecule has 0 spiro atoms. The summed E-state index contributed by atoms with van der Waals surface area (Å²) in [6.07, 6.45) is 2.88. The number of hydrogen-bond donors (Lipinski definition) is 5. The van der Waals surface area contributed by atoms with Gasteiger partial charge in [-0.3, -0.25) is 14.5 Å². The Morgan fingerprint density at radius 1 is 0.633 bits per heavy atom. The Morgan fingerprint density at radius 2 is 1.10 bits per heavy atom. The van der Waals surface area contributed by atoms with Gasteiger partial charge in [0.05, 0.1) is 22.1 Å². The van der Waals surface area contributed by atoms with Crippen molar-refractivity contribution in [2.75, 3.05) is 65.4 Å². The normalized spacial score (nSPS) is 15.9. The number of carboxylic acid groups (broad SMARTS) is 1. The minimum Gasteiger partial charge on any atom is -0.465 e. The number of fused-ring (bicyclic) bond motifs is 2. The molecule has 0 saturated carbocycles. The van der Waals surface area contributed by atoms with Crippen LogP contribution in [0, 0.1) is 0 Å². The molecule has 2 aliphatic rings. The number of aromatic nitrogens is 4. The fourth-order valence-corrected chi connectivity index (χ4v) is 6.57. The Balaban J connectivity index is 0.949. The quantitative estimate of drug-likeness (QED) is 0.150. The third-order valence-electron chi connectivity index (χ3n) is 9.44. The second kappa shape index (κ2) is 14.5. The van der Waals surface area contributed by atoms with Crippen LogP contribution in [0.4, 0.5) is 4.79 Å². The van der Waals surface area contributed by atoms with Crippen molar-refractivity contribution in [3.8, 4) is 22.8 Å². The number of piperidine rings is 1. The van der Waals surface area contributed by atoms with Crippen LogP contribution in [-0.2, 0) is 0 Å². The maximum Gasteiger partial charge on any atom is 0.407 e. The van der Waals surface area contributed by atoms with Gasteiger partial charge in [-0.15, -0.1) is 0 Å². The largest absolute Gasteiger partial charge is 0.465 e. The summed E-state index contributed by atoms with van der Waals surface area (Å²) in [7, 11) is 0. The average Bonchev–Trinajstić information content (AvgIpc) is 3.76. The van der Waals surface area contributed by atoms with Crippen LogP contribution in [-0.4, -0.2) is 123 Å². The number of imidazole rings is 2. The minimum absolute atomic E-state index is 0.0804. The monoisotopic (exact) mass is 663 g/mol. The lowest BCUT2D eigenvalue weighted by Gasteiger charge is -2.32. The Hall–Kier alpha value is -5.27. The van der Waals surface area contributed by atoms with Crippen LogP contribution in [0.3, 0.4) is 0 Å². The van der Waals surface area contributed by atoms with Crippen LogP contribution in [0.5, 0.6) is 0 Å². The molecule has 2 saturated heterocycles. The van der Waals surface area contributed by atoms with Crippen molar-refractivity contribution in [2.45, 2.75) is 19.3 Å². The molecule has 0 atom stereocenters. The second-order valence-corrected chi connectivity index (χ2v) is 12.7. The summed E-state index contributed by atoms with van der Waals surface area (Å²) < 4.78 is 0. The van der Waals surface area contributed by atoms with Gasteiger partial charge in [-0.2, -0.15) is 0 Å². The van der Waals surface area contributed by atoms with Gasteiger partial charge in [0.1, 0.15) is 11.6 Å². The molecule has 2 aliphatic heterocycles. The van der Waals surface area contributed by atoms with E-state index < -0.39 is 6.09 Å². The third kappa shape index (κ3) is 7.58. The van der Waals surface area contributed by atoms with E-state index in [4.69, 9.17) is 15.1 Å². The number of rotatable bonds is 10. The molecule has 49 heavy (non-hydrogen) atoms. The first-order chi connectivity index (χ1) is 23.9. The maximum absolute atomic E-state index is 12.9. The van der Waals surface area contributed by atoms with Gasteiger partial charge in [0.25, 0.3) is 11.8 Å². The van der Waals surface area contributed by atoms with E-state index in [1.165, 1.54) is 24.2 Å². The van der Waals surface area contributed by atoms with Crippen molar-refractivity contribution >= 4 is 40.0 Å². The van der Waals surface area contributed by atoms with Crippen LogP contribution in [0.2, 0.25) is 0 Å². The van der Waals surface area contributed by atoms with Crippen LogP contribution in [0.1, 0.15) is 40.0 Å². The fourth-order valence-electron chi connectivity index (χ4n) is 6.57. The molecule has 2 aromatic heterocycles. The van der Waals surface area contributed by atoms with Gasteiger partial charge in [-0.1, -0.05) is 30.7 Å². The number of nitrogens with one attached hydrogen (secondary N) is 4. The number of piperazine rings is 1. The molecule has 4 heterocycles. The Labute approximate surface area is 283 Å². The molecule has 13 nitrogen and oxygen atoms in total. The van der Waals surface area contributed by atoms with Crippen LogP contribution >= 0.6 is 0 Å². The first-order valence-electron chi connectivity index (χ1n) is 17.0. The van der Waals surface area contributed by atoms with Gasteiger partial charge >= 0.3 is 6.09 Å². The van der Waals surface area contributed by atoms with Gasteiger partial charge in [0.15, 0.2) is 0 Å². The third-order valence-corrected chi connectivity index (χ3v) is 9.44. The summed E-state index contributed by atoms with van der Waals surface area (Å²) >= 11 is 0. The van der Waals surface area contributed by atoms with Crippen molar-refractivity contribution in [3.63, 3.8) is 0 Å². The number of benzene rings is 3. The summed E-state index contributed by atoms with van der Waals surface area (Å²) in [6, 6.07) is 18.9. The van der Waals surface area contributed by atoms with Crippen molar-refractivity contribution in [1.82, 2.24) is 45.3 Å². The summed E-state index contributed by atoms with van der Waals surface area (Å²) in [5, 5.41) is 15.1. The molecule has 2 fully saturated rings. The lowest BCUT2D eigenvalue weighted by Crippen LogP contribution is -2.49. The van der Waals surface area contributed by atoms with Crippen LogP contribution in [0.15, 0.2) is 60.7 Å². The van der Waals surface area contributed by atoms with E-state index in [9.17, 15) is 14.4 Å². The zero-order chi connectivity index (χ0) is 33.7. The van der Waals surface area contributed by atoms with Gasteiger partial charge < -0.3 is 35.5 Å². The predicted octanol–water partition coefficient (Wildman–Crippen LogP) is 4.01. The second-order valence-electron chi connectivity index (χ2n) is 12.7. The highest BCUT2D eigenvalue weighted by Crippen LogP contribution is 2.26. The average molecular weight is 664 g/mol. The molecule has 13 heteroatoms. The van der Waals surface area contributed by atoms with E-state index in [1.54, 1.807) is 12.1 Å². The number of carbonyl (C=O) groups excluding carboxylic acids is 2. The molecule has 3 aromatic carbocycles. The first kappa shape index (κ1) is 32.3. The number of aromatic amines is 2. The number of H-pyrrole nitrogens is 2. The summed E-state index contributed by atoms with van der Waals surface area (Å²) in [4.78, 5) is 58.9. The van der Waals surface area contributed by atoms with Crippen LogP contribution < -0.4 is 10.6 Å². The maximum atomic E-state index is 12.9. The molecule has 5 N–H and O–H groups in total. The van der Waals surface area contributed by atoms with E-state index in [-0.39, 0.29) is 11.8 Å². The topological polar surface area (TPSA) is 163 Å². The lowest BCUT2D eigenvalue weighted by atomic mass is 10.1. The fraction of sp³-hybridized carbons (Fsp3) is 0.361. The highest BCUT2D eigenvalue weighted by molar-refractivity contribution is 5.98. The van der Waals surface area contributed by atoms with E-state index >= 15 is 0 Å². The minimum atomic E-state index is -0.888. The molecule has 0 aliphatic carbocycles. The van der Waals surface area contributed by atoms with Crippen molar-refractivity contribution in [2.24, 2.45) is 0 Å². The smallest absolute Gasteiger partial charge is 0.407 e. The zero-order valence-electron chi connectivity index (χ0n) is 27.4. The molecule has 5 aromatic rings. The SMILES string of the molecule is O=C(NCCN1CCCCC1)c1ccc2nc(-c3ccc(-c4nc5ccc(C(=O)NCCN6CCN(C(=O)O)CC6)cc5[nH]4)cc3)[nH]c2c1. The zero-order valence-corrected chi connectivity index (χ0v) is 27.4. The summed E-state index contributed by atoms with van der Waals surface area (Å²) in [5.41, 5.74) is 6.07. The molecular weight excluding hydrogens is 622 g/mol. The summed E-state index contributed by atoms with van der Waals surface area (Å²) in [6.45, 7) is 7.15. The van der Waals surface area contributed by atoms with E-state index in [2.05, 4.69) is 30.4 Å². The van der Waals surface area contributed by atoms with Crippen LogP contribution in [0.25, 0.3) is 44.8 Å². The highest BCUT2D eigenvalue weighted by Gasteiger charge is 2.20. The standard InChI is InChI=1S/C36H41N9O4/c46-34(37-12-16-43-14-2-1-3-15-43)26-8-10-28-30(22-26)41-32(39-28)24-4-6-25(7-5-24)33-40-29-11-9-27(23-31(29)42-33)35(47)38-13-17-44-18-20-45(21-19-44)36(48)49/h4-11,22-23H,1-3,12-21H2,(H,37,46)(H,38,47)(H,39,41)(H,40,42)(H,48,49). The van der Waals surface area contributed by atoms with Gasteiger partial charge in [0.2, 0.25) is 0 Å². The number of carbonyl (C=O) groups is 3. The van der Waals surface area contributed by atoms with Gasteiger partial charge in [0, 0.05) is 74.6 Å². The number of nitrogens with zero attached hydrogens (tertiary/aromatic N) is 5. The Morgan fingerprint density at radius 3 is 1.57 bits per heavy atom. The molecule has 0 unspecified atom stereocenters. The number of hydrogen-bond acceptors (Lipinski definition) is 7.